The van der Waals surface area contributed by atoms with Gasteiger partial charge in [-0.05, 0) is 6.92 Å². The Kier molecular flexibility index (Phi) is 2.63. The molecule has 1 aliphatic heterocycles. The fraction of sp³-hybridized carbons (Fsp3) is 0.857. The number of hydrogen-bond acceptors (Lipinski definition) is 5. The number of hydrogen-bond donors (Lipinski definition) is 1. The molecule has 1 aliphatic rings. The van der Waals surface area contributed by atoms with E-state index in [1.807, 2.05) is 0 Å². The van der Waals surface area contributed by atoms with Crippen molar-refractivity contribution in [3.63, 3.8) is 0 Å². The first kappa shape index (κ1) is 10.5. The second kappa shape index (κ2) is 3.26. The van der Waals surface area contributed by atoms with Crippen molar-refractivity contribution in [2.75, 3.05) is 18.1 Å². The van der Waals surface area contributed by atoms with Crippen molar-refractivity contribution in [2.45, 2.75) is 18.9 Å². The van der Waals surface area contributed by atoms with Crippen LogP contribution in [0.4, 0.5) is 0 Å². The van der Waals surface area contributed by atoms with E-state index in [1.165, 1.54) is 0 Å². The van der Waals surface area contributed by atoms with E-state index in [1.54, 1.807) is 6.92 Å². The highest BCUT2D eigenvalue weighted by atomic mass is 32.2. The van der Waals surface area contributed by atoms with Crippen LogP contribution in [0.1, 0.15) is 13.3 Å². The highest BCUT2D eigenvalue weighted by Gasteiger charge is 2.46. The molecule has 5 nitrogen and oxygen atoms in total. The zero-order valence-electron chi connectivity index (χ0n) is 7.45. The van der Waals surface area contributed by atoms with Crippen LogP contribution in [0.2, 0.25) is 0 Å². The molecule has 2 N–H and O–H groups in total. The Morgan fingerprint density at radius 1 is 1.54 bits per heavy atom. The van der Waals surface area contributed by atoms with Crippen LogP contribution in [0.5, 0.6) is 0 Å². The van der Waals surface area contributed by atoms with E-state index in [9.17, 15) is 13.2 Å². The highest BCUT2D eigenvalue weighted by molar-refractivity contribution is 7.93. The molecule has 0 aliphatic carbocycles. The van der Waals surface area contributed by atoms with Gasteiger partial charge in [0.05, 0.1) is 30.1 Å². The predicted octanol–water partition coefficient (Wildman–Crippen LogP) is -0.934. The molecule has 6 heteroatoms. The molecule has 0 aromatic heterocycles. The van der Waals surface area contributed by atoms with Crippen molar-refractivity contribution in [3.8, 4) is 0 Å². The lowest BCUT2D eigenvalue weighted by molar-refractivity contribution is -0.144. The third kappa shape index (κ3) is 2.67. The lowest BCUT2D eigenvalue weighted by Gasteiger charge is -2.36. The summed E-state index contributed by atoms with van der Waals surface area (Å²) in [5.74, 6) is -0.655. The topological polar surface area (TPSA) is 86.5 Å². The lowest BCUT2D eigenvalue weighted by Crippen LogP contribution is -2.62. The number of carbonyl (C=O) groups is 1. The third-order valence-electron chi connectivity index (χ3n) is 1.82. The fourth-order valence-electron chi connectivity index (χ4n) is 1.44. The molecule has 1 heterocycles. The zero-order valence-corrected chi connectivity index (χ0v) is 8.26. The SMILES string of the molecule is CCOC(=O)CC1(N)CS(=O)(=O)C1. The summed E-state index contributed by atoms with van der Waals surface area (Å²) in [6.45, 7) is 1.99. The van der Waals surface area contributed by atoms with Gasteiger partial charge in [0.25, 0.3) is 0 Å². The summed E-state index contributed by atoms with van der Waals surface area (Å²) >= 11 is 0. The molecule has 13 heavy (non-hydrogen) atoms. The Morgan fingerprint density at radius 2 is 2.08 bits per heavy atom. The Bertz CT molecular complexity index is 296. The second-order valence-electron chi connectivity index (χ2n) is 3.38. The van der Waals surface area contributed by atoms with E-state index < -0.39 is 21.3 Å². The van der Waals surface area contributed by atoms with E-state index in [0.29, 0.717) is 6.61 Å². The molecule has 0 amide bonds. The molecule has 0 spiro atoms. The van der Waals surface area contributed by atoms with Gasteiger partial charge >= 0.3 is 5.97 Å². The maximum Gasteiger partial charge on any atom is 0.307 e. The van der Waals surface area contributed by atoms with Gasteiger partial charge in [-0.25, -0.2) is 8.42 Å². The molecular formula is C7H13NO4S. The molecule has 1 fully saturated rings. The Morgan fingerprint density at radius 3 is 2.46 bits per heavy atom. The van der Waals surface area contributed by atoms with Gasteiger partial charge < -0.3 is 10.5 Å². The van der Waals surface area contributed by atoms with Crippen LogP contribution in [-0.4, -0.2) is 38.0 Å². The number of sulfone groups is 1. The van der Waals surface area contributed by atoms with Gasteiger partial charge in [0, 0.05) is 0 Å². The number of ether oxygens (including phenoxy) is 1. The average molecular weight is 207 g/mol. The monoisotopic (exact) mass is 207 g/mol. The van der Waals surface area contributed by atoms with Crippen molar-refractivity contribution in [1.29, 1.82) is 0 Å². The molecule has 0 unspecified atom stereocenters. The first-order chi connectivity index (χ1) is 5.87. The molecule has 76 valence electrons. The Balaban J connectivity index is 2.43. The quantitative estimate of drug-likeness (QED) is 0.604. The minimum absolute atomic E-state index is 0.0138. The molecule has 1 saturated heterocycles. The van der Waals surface area contributed by atoms with Crippen LogP contribution in [0.3, 0.4) is 0 Å². The predicted molar refractivity (Wildman–Crippen MR) is 46.8 cm³/mol. The van der Waals surface area contributed by atoms with Crippen LogP contribution in [0.25, 0.3) is 0 Å². The van der Waals surface area contributed by atoms with Crippen LogP contribution in [0, 0.1) is 0 Å². The Hall–Kier alpha value is -0.620. The number of carbonyl (C=O) groups excluding carboxylic acids is 1. The summed E-state index contributed by atoms with van der Waals surface area (Å²) in [6, 6.07) is 0. The molecule has 0 aromatic carbocycles. The van der Waals surface area contributed by atoms with Crippen LogP contribution < -0.4 is 5.73 Å². The first-order valence-corrected chi connectivity index (χ1v) is 5.84. The molecule has 0 atom stereocenters. The summed E-state index contributed by atoms with van der Waals surface area (Å²) in [7, 11) is -2.98. The molecule has 0 aromatic rings. The summed E-state index contributed by atoms with van der Waals surface area (Å²) < 4.78 is 26.3. The van der Waals surface area contributed by atoms with Gasteiger partial charge in [0.1, 0.15) is 0 Å². The summed E-state index contributed by atoms with van der Waals surface area (Å²) in [5.41, 5.74) is 4.75. The van der Waals surface area contributed by atoms with E-state index in [4.69, 9.17) is 5.73 Å². The van der Waals surface area contributed by atoms with Gasteiger partial charge in [0.15, 0.2) is 9.84 Å². The molecular weight excluding hydrogens is 194 g/mol. The van der Waals surface area contributed by atoms with Gasteiger partial charge in [-0.3, -0.25) is 4.79 Å². The van der Waals surface area contributed by atoms with E-state index in [-0.39, 0.29) is 17.9 Å². The Labute approximate surface area is 77.2 Å². The second-order valence-corrected chi connectivity index (χ2v) is 5.44. The molecule has 0 saturated carbocycles. The minimum atomic E-state index is -2.98. The largest absolute Gasteiger partial charge is 0.466 e. The van der Waals surface area contributed by atoms with Crippen molar-refractivity contribution in [2.24, 2.45) is 5.73 Å². The third-order valence-corrected chi connectivity index (χ3v) is 3.85. The van der Waals surface area contributed by atoms with E-state index >= 15 is 0 Å². The molecule has 0 radical (unpaired) electrons. The normalized spacial score (nSPS) is 23.2. The maximum atomic E-state index is 11.0. The average Bonchev–Trinajstić information content (AvgIpc) is 1.80. The van der Waals surface area contributed by atoms with Crippen molar-refractivity contribution in [3.05, 3.63) is 0 Å². The smallest absolute Gasteiger partial charge is 0.307 e. The summed E-state index contributed by atoms with van der Waals surface area (Å²) in [6.07, 6.45) is -0.0138. The van der Waals surface area contributed by atoms with Crippen LogP contribution in [0.15, 0.2) is 0 Å². The number of rotatable bonds is 3. The van der Waals surface area contributed by atoms with Gasteiger partial charge in [-0.2, -0.15) is 0 Å². The van der Waals surface area contributed by atoms with Crippen molar-refractivity contribution < 1.29 is 17.9 Å². The minimum Gasteiger partial charge on any atom is -0.466 e. The van der Waals surface area contributed by atoms with Gasteiger partial charge in [0.2, 0.25) is 0 Å². The van der Waals surface area contributed by atoms with Gasteiger partial charge in [-0.15, -0.1) is 0 Å². The zero-order chi connectivity index (χ0) is 10.1. The molecule has 1 rings (SSSR count). The summed E-state index contributed by atoms with van der Waals surface area (Å²) in [4.78, 5) is 11.0. The fourth-order valence-corrected chi connectivity index (χ4v) is 3.31. The van der Waals surface area contributed by atoms with Crippen molar-refractivity contribution >= 4 is 15.8 Å². The van der Waals surface area contributed by atoms with Crippen LogP contribution in [-0.2, 0) is 19.4 Å². The molecule has 0 bridgehead atoms. The van der Waals surface area contributed by atoms with E-state index in [2.05, 4.69) is 4.74 Å². The highest BCUT2D eigenvalue weighted by Crippen LogP contribution is 2.24. The number of nitrogens with two attached hydrogens (primary N) is 1. The first-order valence-electron chi connectivity index (χ1n) is 4.02. The van der Waals surface area contributed by atoms with E-state index in [0.717, 1.165) is 0 Å². The lowest BCUT2D eigenvalue weighted by atomic mass is 10.0. The maximum absolute atomic E-state index is 11.0. The van der Waals surface area contributed by atoms with Gasteiger partial charge in [-0.1, -0.05) is 0 Å². The summed E-state index contributed by atoms with van der Waals surface area (Å²) in [5, 5.41) is 0. The number of esters is 1. The standard InChI is InChI=1S/C7H13NO4S/c1-2-12-6(9)3-7(8)4-13(10,11)5-7/h2-5,8H2,1H3. The van der Waals surface area contributed by atoms with Crippen LogP contribution >= 0.6 is 0 Å². The van der Waals surface area contributed by atoms with Crippen molar-refractivity contribution in [1.82, 2.24) is 0 Å².